The van der Waals surface area contributed by atoms with Crippen molar-refractivity contribution in [2.75, 3.05) is 5.75 Å². The van der Waals surface area contributed by atoms with Crippen LogP contribution in [0.1, 0.15) is 36.5 Å². The van der Waals surface area contributed by atoms with Gasteiger partial charge in [0.15, 0.2) is 0 Å². The SMILES string of the molecule is CCC(O)c1ccn(CC2CSc3ccccc32)c1. The molecule has 3 rings (SSSR count). The second kappa shape index (κ2) is 5.43. The highest BCUT2D eigenvalue weighted by atomic mass is 32.2. The van der Waals surface area contributed by atoms with Crippen molar-refractivity contribution in [3.63, 3.8) is 0 Å². The second-order valence-electron chi connectivity index (χ2n) is 5.11. The van der Waals surface area contributed by atoms with E-state index in [0.717, 1.165) is 24.3 Å². The van der Waals surface area contributed by atoms with E-state index in [0.29, 0.717) is 5.92 Å². The number of hydrogen-bond donors (Lipinski definition) is 1. The van der Waals surface area contributed by atoms with E-state index in [1.54, 1.807) is 0 Å². The van der Waals surface area contributed by atoms with Crippen molar-refractivity contribution in [3.05, 3.63) is 53.9 Å². The second-order valence-corrected chi connectivity index (χ2v) is 6.17. The third-order valence-electron chi connectivity index (χ3n) is 3.77. The van der Waals surface area contributed by atoms with Gasteiger partial charge in [0.2, 0.25) is 0 Å². The van der Waals surface area contributed by atoms with Gasteiger partial charge in [-0.3, -0.25) is 0 Å². The molecule has 100 valence electrons. The summed E-state index contributed by atoms with van der Waals surface area (Å²) in [4.78, 5) is 1.42. The Kier molecular flexibility index (Phi) is 3.67. The number of benzene rings is 1. The highest BCUT2D eigenvalue weighted by molar-refractivity contribution is 7.99. The monoisotopic (exact) mass is 273 g/mol. The molecule has 0 radical (unpaired) electrons. The number of hydrogen-bond acceptors (Lipinski definition) is 2. The molecule has 2 unspecified atom stereocenters. The topological polar surface area (TPSA) is 25.2 Å². The fourth-order valence-electron chi connectivity index (χ4n) is 2.64. The molecule has 2 nitrogen and oxygen atoms in total. The Morgan fingerprint density at radius 3 is 3.05 bits per heavy atom. The first-order valence-electron chi connectivity index (χ1n) is 6.83. The summed E-state index contributed by atoms with van der Waals surface area (Å²) in [5.74, 6) is 1.74. The van der Waals surface area contributed by atoms with Crippen LogP contribution in [0.15, 0.2) is 47.6 Å². The number of nitrogens with zero attached hydrogens (tertiary/aromatic N) is 1. The van der Waals surface area contributed by atoms with Gasteiger partial charge >= 0.3 is 0 Å². The summed E-state index contributed by atoms with van der Waals surface area (Å²) in [7, 11) is 0. The van der Waals surface area contributed by atoms with Gasteiger partial charge in [0.25, 0.3) is 0 Å². The standard InChI is InChI=1S/C16H19NOS/c1-2-15(18)12-7-8-17(9-12)10-13-11-19-16-6-4-3-5-14(13)16/h3-9,13,15,18H,2,10-11H2,1H3. The molecule has 0 saturated carbocycles. The molecule has 2 aromatic rings. The van der Waals surface area contributed by atoms with Gasteiger partial charge < -0.3 is 9.67 Å². The average molecular weight is 273 g/mol. The number of aromatic nitrogens is 1. The molecular weight excluding hydrogens is 254 g/mol. The molecule has 1 N–H and O–H groups in total. The molecular formula is C16H19NOS. The third-order valence-corrected chi connectivity index (χ3v) is 5.03. The number of aliphatic hydroxyl groups excluding tert-OH is 1. The molecule has 1 aromatic carbocycles. The fraction of sp³-hybridized carbons (Fsp3) is 0.375. The molecule has 19 heavy (non-hydrogen) atoms. The Morgan fingerprint density at radius 2 is 2.21 bits per heavy atom. The van der Waals surface area contributed by atoms with E-state index in [1.807, 2.05) is 24.8 Å². The minimum absolute atomic E-state index is 0.327. The lowest BCUT2D eigenvalue weighted by molar-refractivity contribution is 0.173. The van der Waals surface area contributed by atoms with Gasteiger partial charge in [-0.15, -0.1) is 11.8 Å². The molecule has 0 spiro atoms. The highest BCUT2D eigenvalue weighted by Gasteiger charge is 2.22. The van der Waals surface area contributed by atoms with Crippen LogP contribution in [0.3, 0.4) is 0 Å². The zero-order valence-corrected chi connectivity index (χ0v) is 11.9. The largest absolute Gasteiger partial charge is 0.388 e. The van der Waals surface area contributed by atoms with Crippen LogP contribution in [0.2, 0.25) is 0 Å². The number of rotatable bonds is 4. The minimum atomic E-state index is -0.327. The van der Waals surface area contributed by atoms with Crippen LogP contribution < -0.4 is 0 Å². The molecule has 0 aliphatic carbocycles. The van der Waals surface area contributed by atoms with Crippen molar-refractivity contribution >= 4 is 11.8 Å². The van der Waals surface area contributed by atoms with Gasteiger partial charge in [-0.25, -0.2) is 0 Å². The molecule has 0 saturated heterocycles. The van der Waals surface area contributed by atoms with E-state index in [2.05, 4.69) is 41.2 Å². The smallest absolute Gasteiger partial charge is 0.0802 e. The maximum atomic E-state index is 9.84. The first-order chi connectivity index (χ1) is 9.28. The summed E-state index contributed by atoms with van der Waals surface area (Å²) in [5, 5.41) is 9.84. The van der Waals surface area contributed by atoms with Crippen LogP contribution >= 0.6 is 11.8 Å². The predicted octanol–water partition coefficient (Wildman–Crippen LogP) is 3.82. The average Bonchev–Trinajstić information content (AvgIpc) is 3.06. The summed E-state index contributed by atoms with van der Waals surface area (Å²) in [6.45, 7) is 3.01. The summed E-state index contributed by atoms with van der Waals surface area (Å²) in [6.07, 6.45) is 4.61. The molecule has 0 bridgehead atoms. The molecule has 0 fully saturated rings. The van der Waals surface area contributed by atoms with Crippen LogP contribution in [-0.4, -0.2) is 15.4 Å². The maximum absolute atomic E-state index is 9.84. The molecule has 0 amide bonds. The van der Waals surface area contributed by atoms with E-state index in [4.69, 9.17) is 0 Å². The van der Waals surface area contributed by atoms with E-state index < -0.39 is 0 Å². The summed E-state index contributed by atoms with van der Waals surface area (Å²) in [5.41, 5.74) is 2.50. The molecule has 2 heterocycles. The number of fused-ring (bicyclic) bond motifs is 1. The van der Waals surface area contributed by atoms with E-state index >= 15 is 0 Å². The van der Waals surface area contributed by atoms with Gasteiger partial charge in [-0.2, -0.15) is 0 Å². The van der Waals surface area contributed by atoms with Gasteiger partial charge in [0, 0.05) is 35.5 Å². The van der Waals surface area contributed by atoms with Crippen LogP contribution in [0.4, 0.5) is 0 Å². The van der Waals surface area contributed by atoms with E-state index in [1.165, 1.54) is 10.5 Å². The zero-order valence-electron chi connectivity index (χ0n) is 11.1. The van der Waals surface area contributed by atoms with Crippen molar-refractivity contribution in [2.45, 2.75) is 36.8 Å². The third kappa shape index (κ3) is 2.58. The van der Waals surface area contributed by atoms with Crippen LogP contribution in [0, 0.1) is 0 Å². The Bertz CT molecular complexity index is 563. The molecule has 1 aromatic heterocycles. The maximum Gasteiger partial charge on any atom is 0.0802 e. The van der Waals surface area contributed by atoms with Gasteiger partial charge in [-0.1, -0.05) is 25.1 Å². The van der Waals surface area contributed by atoms with Crippen molar-refractivity contribution in [3.8, 4) is 0 Å². The van der Waals surface area contributed by atoms with Crippen molar-refractivity contribution in [1.29, 1.82) is 0 Å². The quantitative estimate of drug-likeness (QED) is 0.916. The Morgan fingerprint density at radius 1 is 1.37 bits per heavy atom. The van der Waals surface area contributed by atoms with Crippen LogP contribution in [-0.2, 0) is 6.54 Å². The first-order valence-corrected chi connectivity index (χ1v) is 7.82. The van der Waals surface area contributed by atoms with E-state index in [-0.39, 0.29) is 6.10 Å². The lowest BCUT2D eigenvalue weighted by atomic mass is 10.0. The first kappa shape index (κ1) is 12.8. The lowest BCUT2D eigenvalue weighted by Gasteiger charge is -2.12. The molecule has 1 aliphatic rings. The van der Waals surface area contributed by atoms with Crippen molar-refractivity contribution < 1.29 is 5.11 Å². The molecule has 1 aliphatic heterocycles. The predicted molar refractivity (Wildman–Crippen MR) is 79.6 cm³/mol. The summed E-state index contributed by atoms with van der Waals surface area (Å²) in [6, 6.07) is 10.7. The molecule has 2 atom stereocenters. The Balaban J connectivity index is 1.74. The fourth-order valence-corrected chi connectivity index (χ4v) is 3.88. The minimum Gasteiger partial charge on any atom is -0.388 e. The van der Waals surface area contributed by atoms with Crippen molar-refractivity contribution in [2.24, 2.45) is 0 Å². The van der Waals surface area contributed by atoms with Gasteiger partial charge in [0.1, 0.15) is 0 Å². The highest BCUT2D eigenvalue weighted by Crippen LogP contribution is 2.40. The molecule has 3 heteroatoms. The van der Waals surface area contributed by atoms with Crippen LogP contribution in [0.25, 0.3) is 0 Å². The number of thioether (sulfide) groups is 1. The van der Waals surface area contributed by atoms with Crippen LogP contribution in [0.5, 0.6) is 0 Å². The van der Waals surface area contributed by atoms with Gasteiger partial charge in [-0.05, 0) is 29.7 Å². The van der Waals surface area contributed by atoms with Crippen molar-refractivity contribution in [1.82, 2.24) is 4.57 Å². The lowest BCUT2D eigenvalue weighted by Crippen LogP contribution is -2.07. The van der Waals surface area contributed by atoms with Gasteiger partial charge in [0.05, 0.1) is 6.10 Å². The Labute approximate surface area is 118 Å². The summed E-state index contributed by atoms with van der Waals surface area (Å²) < 4.78 is 2.21. The Hall–Kier alpha value is -1.19. The normalized spacial score (nSPS) is 19.4. The summed E-state index contributed by atoms with van der Waals surface area (Å²) >= 11 is 1.95. The van der Waals surface area contributed by atoms with E-state index in [9.17, 15) is 5.11 Å². The zero-order chi connectivity index (χ0) is 13.2. The number of aliphatic hydroxyl groups is 1.